The molecule has 0 radical (unpaired) electrons. The van der Waals surface area contributed by atoms with Crippen molar-refractivity contribution in [1.29, 1.82) is 0 Å². The zero-order chi connectivity index (χ0) is 16.1. The van der Waals surface area contributed by atoms with Crippen LogP contribution in [0.15, 0.2) is 30.3 Å². The average Bonchev–Trinajstić information content (AvgIpc) is 2.83. The number of fused-ring (bicyclic) bond motifs is 1. The second kappa shape index (κ2) is 6.50. The summed E-state index contributed by atoms with van der Waals surface area (Å²) in [5.74, 6) is -1.58. The molecule has 0 spiro atoms. The van der Waals surface area contributed by atoms with E-state index >= 15 is 0 Å². The molecule has 2 aliphatic rings. The van der Waals surface area contributed by atoms with E-state index in [0.29, 0.717) is 5.56 Å². The van der Waals surface area contributed by atoms with Crippen molar-refractivity contribution in [2.45, 2.75) is 24.6 Å². The van der Waals surface area contributed by atoms with Gasteiger partial charge in [-0.25, -0.2) is 12.7 Å². The van der Waals surface area contributed by atoms with Gasteiger partial charge in [0.15, 0.2) is 16.4 Å². The number of hydrogen-bond acceptors (Lipinski definition) is 6. The molecule has 2 heterocycles. The normalized spacial score (nSPS) is 24.5. The molecule has 0 unspecified atom stereocenters. The van der Waals surface area contributed by atoms with Crippen LogP contribution in [0.4, 0.5) is 0 Å². The van der Waals surface area contributed by atoms with Crippen molar-refractivity contribution in [3.8, 4) is 0 Å². The molecule has 2 amide bonds. The number of β-lactam (4-membered cyclic amide) rings is 1. The number of aliphatic hydroxyl groups is 1. The summed E-state index contributed by atoms with van der Waals surface area (Å²) < 4.78 is 33.3. The summed E-state index contributed by atoms with van der Waals surface area (Å²) in [6, 6.07) is 6.42. The van der Waals surface area contributed by atoms with Crippen molar-refractivity contribution in [2.24, 2.45) is 0 Å². The van der Waals surface area contributed by atoms with Crippen molar-refractivity contribution in [2.75, 3.05) is 6.54 Å². The van der Waals surface area contributed by atoms with Gasteiger partial charge in [-0.05, 0) is 12.0 Å². The molecule has 3 rings (SSSR count). The van der Waals surface area contributed by atoms with Gasteiger partial charge in [0, 0.05) is 6.54 Å². The third kappa shape index (κ3) is 3.04. The monoisotopic (exact) mass is 348 g/mol. The largest absolute Gasteiger partial charge is 1.00 e. The Morgan fingerprint density at radius 1 is 1.30 bits per heavy atom. The molecular formula is C13H13N2NaO6S. The molecule has 1 aromatic carbocycles. The van der Waals surface area contributed by atoms with E-state index in [0.717, 1.165) is 4.90 Å². The third-order valence-electron chi connectivity index (χ3n) is 4.01. The van der Waals surface area contributed by atoms with Gasteiger partial charge in [0.2, 0.25) is 0 Å². The van der Waals surface area contributed by atoms with Crippen LogP contribution in [0, 0.1) is 0 Å². The Morgan fingerprint density at radius 3 is 2.48 bits per heavy atom. The number of carbonyl (C=O) groups excluding carboxylic acids is 2. The second-order valence-corrected chi connectivity index (χ2v) is 6.49. The summed E-state index contributed by atoms with van der Waals surface area (Å²) >= 11 is 0. The fourth-order valence-electron chi connectivity index (χ4n) is 2.99. The topological polar surface area (TPSA) is 118 Å². The molecule has 1 N–H and O–H groups in total. The molecule has 8 nitrogen and oxygen atoms in total. The Morgan fingerprint density at radius 2 is 1.91 bits per heavy atom. The molecule has 0 aromatic heterocycles. The van der Waals surface area contributed by atoms with E-state index < -0.39 is 40.3 Å². The number of aliphatic hydroxyl groups excluding tert-OH is 1. The van der Waals surface area contributed by atoms with Crippen LogP contribution < -0.4 is 29.6 Å². The number of amides is 2. The molecule has 0 aliphatic carbocycles. The SMILES string of the molecule is O=C([C@H](O)c1ccccc1)N1CC[C@@H]2[C@H]1C(=O)N2S(=O)(=O)[O-].[Na+]. The van der Waals surface area contributed by atoms with Gasteiger partial charge in [0.1, 0.15) is 6.04 Å². The van der Waals surface area contributed by atoms with Crippen LogP contribution in [0.5, 0.6) is 0 Å². The van der Waals surface area contributed by atoms with E-state index in [4.69, 9.17) is 0 Å². The minimum Gasteiger partial charge on any atom is -0.731 e. The van der Waals surface area contributed by atoms with Crippen LogP contribution in [-0.2, 0) is 19.9 Å². The molecule has 2 aliphatic heterocycles. The van der Waals surface area contributed by atoms with Crippen LogP contribution in [0.1, 0.15) is 18.1 Å². The van der Waals surface area contributed by atoms with Crippen LogP contribution in [0.25, 0.3) is 0 Å². The fourth-order valence-corrected chi connectivity index (χ4v) is 3.87. The molecule has 23 heavy (non-hydrogen) atoms. The number of carbonyl (C=O) groups is 2. The first-order valence-corrected chi connectivity index (χ1v) is 8.01. The second-order valence-electron chi connectivity index (χ2n) is 5.24. The van der Waals surface area contributed by atoms with E-state index in [1.807, 2.05) is 0 Å². The number of likely N-dealkylation sites (tertiary alicyclic amines) is 1. The zero-order valence-corrected chi connectivity index (χ0v) is 15.1. The van der Waals surface area contributed by atoms with Gasteiger partial charge in [0.05, 0.1) is 6.04 Å². The fraction of sp³-hybridized carbons (Fsp3) is 0.385. The number of nitrogens with zero attached hydrogens (tertiary/aromatic N) is 2. The van der Waals surface area contributed by atoms with Crippen LogP contribution in [0.3, 0.4) is 0 Å². The van der Waals surface area contributed by atoms with Gasteiger partial charge in [-0.15, -0.1) is 0 Å². The van der Waals surface area contributed by atoms with Gasteiger partial charge >= 0.3 is 29.6 Å². The van der Waals surface area contributed by atoms with Crippen molar-refractivity contribution < 1.29 is 57.2 Å². The molecule has 1 aromatic rings. The summed E-state index contributed by atoms with van der Waals surface area (Å²) in [6.45, 7) is 0.121. The van der Waals surface area contributed by atoms with E-state index in [1.165, 1.54) is 0 Å². The Kier molecular flexibility index (Phi) is 5.19. The van der Waals surface area contributed by atoms with Crippen molar-refractivity contribution in [3.63, 3.8) is 0 Å². The molecule has 2 fully saturated rings. The molecule has 0 saturated carbocycles. The third-order valence-corrected chi connectivity index (χ3v) is 4.94. The van der Waals surface area contributed by atoms with Crippen LogP contribution >= 0.6 is 0 Å². The van der Waals surface area contributed by atoms with Gasteiger partial charge in [-0.2, -0.15) is 0 Å². The smallest absolute Gasteiger partial charge is 0.731 e. The first-order valence-electron chi connectivity index (χ1n) is 6.65. The minimum atomic E-state index is -4.86. The maximum absolute atomic E-state index is 12.3. The summed E-state index contributed by atoms with van der Waals surface area (Å²) in [7, 11) is -4.86. The van der Waals surface area contributed by atoms with Crippen molar-refractivity contribution in [3.05, 3.63) is 35.9 Å². The van der Waals surface area contributed by atoms with Crippen LogP contribution in [-0.4, -0.2) is 57.7 Å². The Balaban J connectivity index is 0.00000192. The standard InChI is InChI=1S/C13H14N2O6S.Na/c16-11(8-4-2-1-3-5-8)13(18)14-7-6-9-10(14)12(17)15(9)22(19,20)21;/h1-5,9-11,16H,6-7H2,(H,19,20,21);/q;+1/p-1/t9-,10+,11-;/m1./s1. The molecule has 2 saturated heterocycles. The number of rotatable bonds is 3. The maximum Gasteiger partial charge on any atom is 1.00 e. The van der Waals surface area contributed by atoms with Gasteiger partial charge < -0.3 is 14.6 Å². The Hall–Kier alpha value is -0.970. The van der Waals surface area contributed by atoms with Gasteiger partial charge in [0.25, 0.3) is 11.8 Å². The maximum atomic E-state index is 12.3. The summed E-state index contributed by atoms with van der Waals surface area (Å²) in [4.78, 5) is 25.3. The number of benzene rings is 1. The van der Waals surface area contributed by atoms with Gasteiger partial charge in [-0.3, -0.25) is 9.59 Å². The molecule has 0 bridgehead atoms. The summed E-state index contributed by atoms with van der Waals surface area (Å²) in [5.41, 5.74) is 0.385. The quantitative estimate of drug-likeness (QED) is 0.338. The Labute approximate surface area is 155 Å². The molecule has 3 atom stereocenters. The zero-order valence-electron chi connectivity index (χ0n) is 12.3. The Bertz CT molecular complexity index is 725. The van der Waals surface area contributed by atoms with E-state index in [-0.39, 0.29) is 46.8 Å². The van der Waals surface area contributed by atoms with E-state index in [2.05, 4.69) is 0 Å². The van der Waals surface area contributed by atoms with E-state index in [9.17, 15) is 27.7 Å². The number of hydrogen-bond donors (Lipinski definition) is 1. The predicted molar refractivity (Wildman–Crippen MR) is 71.9 cm³/mol. The summed E-state index contributed by atoms with van der Waals surface area (Å²) in [6.07, 6.45) is -1.23. The molecule has 118 valence electrons. The molecule has 10 heteroatoms. The van der Waals surface area contributed by atoms with E-state index in [1.54, 1.807) is 30.3 Å². The van der Waals surface area contributed by atoms with Gasteiger partial charge in [-0.1, -0.05) is 30.3 Å². The molecular weight excluding hydrogens is 335 g/mol. The average molecular weight is 348 g/mol. The minimum absolute atomic E-state index is 0. The van der Waals surface area contributed by atoms with Crippen molar-refractivity contribution >= 4 is 22.1 Å². The first-order chi connectivity index (χ1) is 10.3. The summed E-state index contributed by atoms with van der Waals surface area (Å²) in [5, 5.41) is 10.1. The predicted octanol–water partition coefficient (Wildman–Crippen LogP) is -4.00. The van der Waals surface area contributed by atoms with Crippen molar-refractivity contribution in [1.82, 2.24) is 9.21 Å². The first kappa shape index (κ1) is 18.4. The van der Waals surface area contributed by atoms with Crippen LogP contribution in [0.2, 0.25) is 0 Å².